The molecule has 1 unspecified atom stereocenters. The average molecular weight is 495 g/mol. The lowest BCUT2D eigenvalue weighted by atomic mass is 9.92. The highest BCUT2D eigenvalue weighted by Gasteiger charge is 2.25. The van der Waals surface area contributed by atoms with Gasteiger partial charge in [-0.2, -0.15) is 5.26 Å². The predicted molar refractivity (Wildman–Crippen MR) is 96.0 cm³/mol. The van der Waals surface area contributed by atoms with E-state index in [4.69, 9.17) is 23.2 Å². The van der Waals surface area contributed by atoms with Crippen molar-refractivity contribution < 1.29 is 4.79 Å². The van der Waals surface area contributed by atoms with Gasteiger partial charge in [-0.3, -0.25) is 4.79 Å². The molecule has 0 aliphatic carbocycles. The van der Waals surface area contributed by atoms with E-state index in [2.05, 4.69) is 38.5 Å². The third kappa shape index (κ3) is 3.78. The van der Waals surface area contributed by atoms with Crippen LogP contribution in [0, 0.1) is 14.9 Å². The molecule has 2 rings (SSSR count). The lowest BCUT2D eigenvalue weighted by molar-refractivity contribution is 0.0978. The zero-order valence-electron chi connectivity index (χ0n) is 10.4. The minimum absolute atomic E-state index is 0.285. The average Bonchev–Trinajstić information content (AvgIpc) is 2.44. The highest BCUT2D eigenvalue weighted by atomic mass is 127. The van der Waals surface area contributed by atoms with Gasteiger partial charge in [0.1, 0.15) is 5.92 Å². The first-order valence-corrected chi connectivity index (χ1v) is 8.40. The Bertz CT molecular complexity index is 758. The van der Waals surface area contributed by atoms with Crippen molar-refractivity contribution in [2.24, 2.45) is 0 Å². The predicted octanol–water partition coefficient (Wildman–Crippen LogP) is 5.85. The van der Waals surface area contributed by atoms with Crippen molar-refractivity contribution >= 4 is 67.5 Å². The molecule has 0 saturated heterocycles. The molecule has 0 aromatic heterocycles. The Morgan fingerprint density at radius 3 is 2.57 bits per heavy atom. The van der Waals surface area contributed by atoms with Crippen LogP contribution in [0.4, 0.5) is 0 Å². The summed E-state index contributed by atoms with van der Waals surface area (Å²) in [5.41, 5.74) is 0.951. The van der Waals surface area contributed by atoms with Crippen LogP contribution >= 0.6 is 61.7 Å². The summed E-state index contributed by atoms with van der Waals surface area (Å²) < 4.78 is 1.57. The second-order valence-corrected chi connectivity index (χ2v) is 7.14. The quantitative estimate of drug-likeness (QED) is 0.396. The van der Waals surface area contributed by atoms with Crippen molar-refractivity contribution in [2.75, 3.05) is 0 Å². The van der Waals surface area contributed by atoms with Gasteiger partial charge in [-0.1, -0.05) is 45.2 Å². The van der Waals surface area contributed by atoms with E-state index >= 15 is 0 Å². The molecule has 0 bridgehead atoms. The molecule has 0 amide bonds. The number of halogens is 4. The van der Waals surface area contributed by atoms with E-state index in [1.54, 1.807) is 18.2 Å². The largest absolute Gasteiger partial charge is 0.292 e. The van der Waals surface area contributed by atoms with Gasteiger partial charge in [0, 0.05) is 23.7 Å². The van der Waals surface area contributed by atoms with E-state index in [1.165, 1.54) is 6.07 Å². The molecule has 0 aliphatic heterocycles. The number of benzene rings is 2. The van der Waals surface area contributed by atoms with Crippen molar-refractivity contribution in [1.29, 1.82) is 5.26 Å². The molecular weight excluding hydrogens is 488 g/mol. The fraction of sp³-hybridized carbons (Fsp3) is 0.0667. The number of rotatable bonds is 3. The monoisotopic (exact) mass is 493 g/mol. The van der Waals surface area contributed by atoms with Crippen LogP contribution in [0.2, 0.25) is 10.0 Å². The summed E-state index contributed by atoms with van der Waals surface area (Å²) in [6.07, 6.45) is 0. The SMILES string of the molecule is N#CC(C(=O)c1cc(Br)ccc1I)c1ccc(Cl)cc1Cl. The molecule has 2 aromatic rings. The Morgan fingerprint density at radius 1 is 1.24 bits per heavy atom. The summed E-state index contributed by atoms with van der Waals surface area (Å²) >= 11 is 17.4. The summed E-state index contributed by atoms with van der Waals surface area (Å²) in [4.78, 5) is 12.6. The second-order valence-electron chi connectivity index (χ2n) is 4.22. The lowest BCUT2D eigenvalue weighted by Gasteiger charge is -2.12. The van der Waals surface area contributed by atoms with Crippen molar-refractivity contribution in [1.82, 2.24) is 0 Å². The van der Waals surface area contributed by atoms with Gasteiger partial charge in [0.05, 0.1) is 6.07 Å². The Morgan fingerprint density at radius 2 is 1.95 bits per heavy atom. The lowest BCUT2D eigenvalue weighted by Crippen LogP contribution is -2.13. The highest BCUT2D eigenvalue weighted by Crippen LogP contribution is 2.31. The third-order valence-corrected chi connectivity index (χ3v) is 4.86. The molecule has 0 fully saturated rings. The van der Waals surface area contributed by atoms with Gasteiger partial charge in [0.2, 0.25) is 0 Å². The summed E-state index contributed by atoms with van der Waals surface area (Å²) in [7, 11) is 0. The summed E-state index contributed by atoms with van der Waals surface area (Å²) in [5, 5.41) is 10.2. The van der Waals surface area contributed by atoms with Crippen LogP contribution in [0.15, 0.2) is 40.9 Å². The zero-order chi connectivity index (χ0) is 15.6. The number of carbonyl (C=O) groups is 1. The second kappa shape index (κ2) is 7.10. The molecule has 106 valence electrons. The molecule has 0 radical (unpaired) electrons. The number of ketones is 1. The van der Waals surface area contributed by atoms with E-state index < -0.39 is 5.92 Å². The number of hydrogen-bond acceptors (Lipinski definition) is 2. The van der Waals surface area contributed by atoms with Crippen molar-refractivity contribution in [3.05, 3.63) is 65.6 Å². The molecule has 0 aliphatic rings. The number of hydrogen-bond donors (Lipinski definition) is 0. The normalized spacial score (nSPS) is 11.8. The van der Waals surface area contributed by atoms with E-state index in [0.717, 1.165) is 8.04 Å². The van der Waals surface area contributed by atoms with E-state index in [9.17, 15) is 10.1 Å². The van der Waals surface area contributed by atoms with Crippen molar-refractivity contribution in [3.8, 4) is 6.07 Å². The van der Waals surface area contributed by atoms with Gasteiger partial charge < -0.3 is 0 Å². The molecule has 6 heteroatoms. The first-order chi connectivity index (χ1) is 9.93. The van der Waals surface area contributed by atoms with Gasteiger partial charge in [0.15, 0.2) is 5.78 Å². The number of nitriles is 1. The van der Waals surface area contributed by atoms with Crippen LogP contribution in [0.1, 0.15) is 21.8 Å². The molecule has 0 heterocycles. The minimum Gasteiger partial charge on any atom is -0.292 e. The Hall–Kier alpha value is -0.610. The van der Waals surface area contributed by atoms with Crippen molar-refractivity contribution in [2.45, 2.75) is 5.92 Å². The highest BCUT2D eigenvalue weighted by molar-refractivity contribution is 14.1. The molecule has 21 heavy (non-hydrogen) atoms. The van der Waals surface area contributed by atoms with Crippen LogP contribution in [0.25, 0.3) is 0 Å². The molecular formula is C15H7BrCl2INO. The van der Waals surface area contributed by atoms with Gasteiger partial charge in [0.25, 0.3) is 0 Å². The number of nitrogens with zero attached hydrogens (tertiary/aromatic N) is 1. The Balaban J connectivity index is 2.49. The van der Waals surface area contributed by atoms with Gasteiger partial charge >= 0.3 is 0 Å². The zero-order valence-corrected chi connectivity index (χ0v) is 15.7. The van der Waals surface area contributed by atoms with E-state index in [0.29, 0.717) is 21.2 Å². The molecule has 0 saturated carbocycles. The fourth-order valence-corrected chi connectivity index (χ4v) is 3.33. The molecule has 1 atom stereocenters. The molecule has 0 spiro atoms. The maximum atomic E-state index is 12.6. The van der Waals surface area contributed by atoms with Crippen LogP contribution in [0.3, 0.4) is 0 Å². The first kappa shape index (κ1) is 16.8. The number of Topliss-reactive ketones (excluding diaryl/α,β-unsaturated/α-hetero) is 1. The van der Waals surface area contributed by atoms with E-state index in [-0.39, 0.29) is 5.78 Å². The van der Waals surface area contributed by atoms with E-state index in [1.807, 2.05) is 18.2 Å². The maximum Gasteiger partial charge on any atom is 0.185 e. The van der Waals surface area contributed by atoms with Gasteiger partial charge in [-0.05, 0) is 58.5 Å². The first-order valence-electron chi connectivity index (χ1n) is 5.78. The summed E-state index contributed by atoms with van der Waals surface area (Å²) in [6, 6.07) is 12.2. The van der Waals surface area contributed by atoms with Gasteiger partial charge in [-0.15, -0.1) is 0 Å². The Kier molecular flexibility index (Phi) is 5.67. The molecule has 2 aromatic carbocycles. The van der Waals surface area contributed by atoms with Crippen LogP contribution in [-0.4, -0.2) is 5.78 Å². The summed E-state index contributed by atoms with van der Waals surface area (Å²) in [6.45, 7) is 0. The smallest absolute Gasteiger partial charge is 0.185 e. The van der Waals surface area contributed by atoms with Gasteiger partial charge in [-0.25, -0.2) is 0 Å². The van der Waals surface area contributed by atoms with Crippen LogP contribution in [0.5, 0.6) is 0 Å². The minimum atomic E-state index is -0.961. The number of carbonyl (C=O) groups excluding carboxylic acids is 1. The Labute approximate surface area is 154 Å². The van der Waals surface area contributed by atoms with Crippen LogP contribution in [-0.2, 0) is 0 Å². The molecule has 2 nitrogen and oxygen atoms in total. The molecule has 0 N–H and O–H groups in total. The third-order valence-electron chi connectivity index (χ3n) is 2.86. The standard InChI is InChI=1S/C15H7BrCl2INO/c16-8-1-4-14(19)11(5-8)15(21)12(7-20)10-3-2-9(17)6-13(10)18/h1-6,12H. The fourth-order valence-electron chi connectivity index (χ4n) is 1.85. The maximum absolute atomic E-state index is 12.6. The van der Waals surface area contributed by atoms with Crippen molar-refractivity contribution in [3.63, 3.8) is 0 Å². The topological polar surface area (TPSA) is 40.9 Å². The van der Waals surface area contributed by atoms with Crippen LogP contribution < -0.4 is 0 Å². The summed E-state index contributed by atoms with van der Waals surface area (Å²) in [5.74, 6) is -1.25.